The Labute approximate surface area is 85.5 Å². The van der Waals surface area contributed by atoms with Crippen molar-refractivity contribution in [3.63, 3.8) is 0 Å². The molecule has 0 unspecified atom stereocenters. The van der Waals surface area contributed by atoms with Gasteiger partial charge in [-0.2, -0.15) is 13.2 Å². The second-order valence-electron chi connectivity index (χ2n) is 3.70. The van der Waals surface area contributed by atoms with Gasteiger partial charge < -0.3 is 10.6 Å². The number of anilines is 2. The number of nitrogens with zero attached hydrogens (tertiary/aromatic N) is 1. The smallest absolute Gasteiger partial charge is 0.395 e. The molecule has 0 amide bonds. The van der Waals surface area contributed by atoms with Crippen LogP contribution in [0.4, 0.5) is 24.5 Å². The van der Waals surface area contributed by atoms with E-state index in [1.54, 1.807) is 29.2 Å². The van der Waals surface area contributed by atoms with E-state index in [-0.39, 0.29) is 13.1 Å². The zero-order valence-electron chi connectivity index (χ0n) is 7.96. The van der Waals surface area contributed by atoms with Gasteiger partial charge in [0, 0.05) is 13.1 Å². The Morgan fingerprint density at radius 2 is 1.80 bits per heavy atom. The van der Waals surface area contributed by atoms with Gasteiger partial charge in [0.15, 0.2) is 0 Å². The fraction of sp³-hybridized carbons (Fsp3) is 0.400. The number of benzene rings is 1. The summed E-state index contributed by atoms with van der Waals surface area (Å²) in [4.78, 5) is 1.65. The summed E-state index contributed by atoms with van der Waals surface area (Å²) >= 11 is 0. The number of alkyl halides is 3. The van der Waals surface area contributed by atoms with Gasteiger partial charge in [0.25, 0.3) is 0 Å². The van der Waals surface area contributed by atoms with Crippen LogP contribution >= 0.6 is 0 Å². The molecule has 1 aromatic carbocycles. The van der Waals surface area contributed by atoms with Crippen LogP contribution in [0.15, 0.2) is 24.3 Å². The molecule has 0 aromatic heterocycles. The zero-order chi connectivity index (χ0) is 11.1. The molecule has 2 rings (SSSR count). The molecule has 82 valence electrons. The molecule has 1 aromatic rings. The van der Waals surface area contributed by atoms with E-state index in [4.69, 9.17) is 5.73 Å². The first-order chi connectivity index (χ1) is 6.98. The van der Waals surface area contributed by atoms with Crippen LogP contribution in [0, 0.1) is 5.92 Å². The maximum absolute atomic E-state index is 12.2. The predicted octanol–water partition coefficient (Wildman–Crippen LogP) is 2.27. The van der Waals surface area contributed by atoms with E-state index < -0.39 is 12.1 Å². The second kappa shape index (κ2) is 3.32. The molecule has 1 fully saturated rings. The molecule has 0 radical (unpaired) electrons. The molecule has 0 atom stereocenters. The van der Waals surface area contributed by atoms with Gasteiger partial charge in [0.2, 0.25) is 0 Å². The van der Waals surface area contributed by atoms with Gasteiger partial charge in [-0.15, -0.1) is 0 Å². The molecule has 1 heterocycles. The molecule has 2 nitrogen and oxygen atoms in total. The quantitative estimate of drug-likeness (QED) is 0.729. The molecule has 0 aliphatic carbocycles. The van der Waals surface area contributed by atoms with Crippen LogP contribution < -0.4 is 10.6 Å². The Hall–Kier alpha value is -1.39. The predicted molar refractivity (Wildman–Crippen MR) is 52.6 cm³/mol. The lowest BCUT2D eigenvalue weighted by atomic mass is 9.98. The second-order valence-corrected chi connectivity index (χ2v) is 3.70. The minimum absolute atomic E-state index is 0.0116. The van der Waals surface area contributed by atoms with Gasteiger partial charge in [0.1, 0.15) is 0 Å². The number of para-hydroxylation sites is 2. The highest BCUT2D eigenvalue weighted by atomic mass is 19.4. The third-order valence-electron chi connectivity index (χ3n) is 2.62. The van der Waals surface area contributed by atoms with Crippen molar-refractivity contribution in [3.05, 3.63) is 24.3 Å². The van der Waals surface area contributed by atoms with Crippen molar-refractivity contribution in [2.24, 2.45) is 5.92 Å². The van der Waals surface area contributed by atoms with Gasteiger partial charge >= 0.3 is 6.18 Å². The maximum atomic E-state index is 12.2. The summed E-state index contributed by atoms with van der Waals surface area (Å²) in [5.41, 5.74) is 6.88. The summed E-state index contributed by atoms with van der Waals surface area (Å²) in [6.45, 7) is 0.0232. The standard InChI is InChI=1S/C10H11F3N2/c11-10(12,13)7-5-15(6-7)9-4-2-1-3-8(9)14/h1-4,7H,5-6,14H2. The minimum Gasteiger partial charge on any atom is -0.397 e. The van der Waals surface area contributed by atoms with E-state index in [0.29, 0.717) is 11.4 Å². The molecule has 0 saturated carbocycles. The molecule has 0 spiro atoms. The number of nitrogen functional groups attached to an aromatic ring is 1. The SMILES string of the molecule is Nc1ccccc1N1CC(C(F)(F)F)C1. The molecule has 15 heavy (non-hydrogen) atoms. The summed E-state index contributed by atoms with van der Waals surface area (Å²) in [6.07, 6.45) is -4.08. The summed E-state index contributed by atoms with van der Waals surface area (Å²) < 4.78 is 36.7. The van der Waals surface area contributed by atoms with Gasteiger partial charge in [-0.05, 0) is 12.1 Å². The maximum Gasteiger partial charge on any atom is 0.395 e. The molecule has 1 aliphatic rings. The normalized spacial score (nSPS) is 17.7. The summed E-state index contributed by atoms with van der Waals surface area (Å²) in [7, 11) is 0. The van der Waals surface area contributed by atoms with E-state index >= 15 is 0 Å². The molecule has 2 N–H and O–H groups in total. The Morgan fingerprint density at radius 3 is 2.33 bits per heavy atom. The fourth-order valence-corrected chi connectivity index (χ4v) is 1.66. The lowest BCUT2D eigenvalue weighted by Crippen LogP contribution is -2.53. The third-order valence-corrected chi connectivity index (χ3v) is 2.62. The van der Waals surface area contributed by atoms with E-state index in [9.17, 15) is 13.2 Å². The Balaban J connectivity index is 2.04. The lowest BCUT2D eigenvalue weighted by Gasteiger charge is -2.42. The van der Waals surface area contributed by atoms with E-state index in [1.807, 2.05) is 0 Å². The van der Waals surface area contributed by atoms with Crippen LogP contribution in [0.5, 0.6) is 0 Å². The van der Waals surface area contributed by atoms with E-state index in [2.05, 4.69) is 0 Å². The van der Waals surface area contributed by atoms with Gasteiger partial charge in [0.05, 0.1) is 17.3 Å². The Bertz CT molecular complexity index is 356. The van der Waals surface area contributed by atoms with Gasteiger partial charge in [-0.1, -0.05) is 12.1 Å². The van der Waals surface area contributed by atoms with Crippen molar-refractivity contribution in [1.82, 2.24) is 0 Å². The largest absolute Gasteiger partial charge is 0.397 e. The molecule has 0 bridgehead atoms. The van der Waals surface area contributed by atoms with Gasteiger partial charge in [-0.25, -0.2) is 0 Å². The molecular formula is C10H11F3N2. The Kier molecular flexibility index (Phi) is 2.25. The first-order valence-electron chi connectivity index (χ1n) is 4.64. The fourth-order valence-electron chi connectivity index (χ4n) is 1.66. The van der Waals surface area contributed by atoms with Crippen LogP contribution in [0.25, 0.3) is 0 Å². The molecule has 1 aliphatic heterocycles. The first-order valence-corrected chi connectivity index (χ1v) is 4.64. The number of halogens is 3. The zero-order valence-corrected chi connectivity index (χ0v) is 7.96. The average molecular weight is 216 g/mol. The molecule has 1 saturated heterocycles. The van der Waals surface area contributed by atoms with Crippen LogP contribution in [-0.4, -0.2) is 19.3 Å². The van der Waals surface area contributed by atoms with Crippen LogP contribution in [0.3, 0.4) is 0 Å². The number of rotatable bonds is 1. The van der Waals surface area contributed by atoms with Crippen molar-refractivity contribution in [2.45, 2.75) is 6.18 Å². The lowest BCUT2D eigenvalue weighted by molar-refractivity contribution is -0.180. The average Bonchev–Trinajstić information content (AvgIpc) is 2.03. The van der Waals surface area contributed by atoms with Crippen LogP contribution in [0.1, 0.15) is 0 Å². The minimum atomic E-state index is -4.08. The monoisotopic (exact) mass is 216 g/mol. The molecular weight excluding hydrogens is 205 g/mol. The van der Waals surface area contributed by atoms with Crippen molar-refractivity contribution in [3.8, 4) is 0 Å². The number of hydrogen-bond acceptors (Lipinski definition) is 2. The molecule has 5 heteroatoms. The summed E-state index contributed by atoms with van der Waals surface area (Å²) in [5, 5.41) is 0. The first kappa shape index (κ1) is 10.1. The number of nitrogens with two attached hydrogens (primary N) is 1. The van der Waals surface area contributed by atoms with Crippen molar-refractivity contribution < 1.29 is 13.2 Å². The van der Waals surface area contributed by atoms with E-state index in [0.717, 1.165) is 0 Å². The van der Waals surface area contributed by atoms with Crippen LogP contribution in [0.2, 0.25) is 0 Å². The van der Waals surface area contributed by atoms with Crippen LogP contribution in [-0.2, 0) is 0 Å². The highest BCUT2D eigenvalue weighted by molar-refractivity contribution is 5.68. The van der Waals surface area contributed by atoms with E-state index in [1.165, 1.54) is 0 Å². The van der Waals surface area contributed by atoms with Crippen molar-refractivity contribution in [2.75, 3.05) is 23.7 Å². The van der Waals surface area contributed by atoms with Gasteiger partial charge in [-0.3, -0.25) is 0 Å². The number of hydrogen-bond donors (Lipinski definition) is 1. The van der Waals surface area contributed by atoms with Crippen molar-refractivity contribution >= 4 is 11.4 Å². The summed E-state index contributed by atoms with van der Waals surface area (Å²) in [6, 6.07) is 6.96. The van der Waals surface area contributed by atoms with Crippen molar-refractivity contribution in [1.29, 1.82) is 0 Å². The Morgan fingerprint density at radius 1 is 1.20 bits per heavy atom. The highest BCUT2D eigenvalue weighted by Crippen LogP contribution is 2.37. The topological polar surface area (TPSA) is 29.3 Å². The summed E-state index contributed by atoms with van der Waals surface area (Å²) in [5.74, 6) is -1.21. The third kappa shape index (κ3) is 1.86. The highest BCUT2D eigenvalue weighted by Gasteiger charge is 2.47.